The van der Waals surface area contributed by atoms with Crippen LogP contribution < -0.4 is 10.0 Å². The van der Waals surface area contributed by atoms with Crippen molar-refractivity contribution in [3.63, 3.8) is 0 Å². The van der Waals surface area contributed by atoms with Crippen molar-refractivity contribution in [2.75, 3.05) is 12.4 Å². The Kier molecular flexibility index (Phi) is 5.87. The van der Waals surface area contributed by atoms with Gasteiger partial charge in [0.25, 0.3) is 0 Å². The summed E-state index contributed by atoms with van der Waals surface area (Å²) in [7, 11) is -2.29. The Morgan fingerprint density at radius 2 is 2.00 bits per heavy atom. The van der Waals surface area contributed by atoms with E-state index in [1.54, 1.807) is 36.6 Å². The quantitative estimate of drug-likeness (QED) is 0.641. The molecule has 0 spiro atoms. The number of carbonyl (C=O) groups excluding carboxylic acids is 1. The maximum Gasteiger partial charge on any atom is 0.240 e. The minimum absolute atomic E-state index is 0.0216. The van der Waals surface area contributed by atoms with Gasteiger partial charge in [-0.1, -0.05) is 18.2 Å². The highest BCUT2D eigenvalue weighted by atomic mass is 32.2. The summed E-state index contributed by atoms with van der Waals surface area (Å²) in [5.74, 6) is -0.675. The molecule has 1 aromatic heterocycles. The number of nitrogens with zero attached hydrogens (tertiary/aromatic N) is 1. The van der Waals surface area contributed by atoms with Crippen molar-refractivity contribution in [3.8, 4) is 10.6 Å². The summed E-state index contributed by atoms with van der Waals surface area (Å²) in [6, 6.07) is 10.8. The SMILES string of the molecule is CNS(=O)(=O)c1cc(NC(=O)Cc2csc(-c3cccc(F)c3)n2)ccc1C. The first-order valence-corrected chi connectivity index (χ1v) is 10.7. The maximum atomic E-state index is 13.3. The van der Waals surface area contributed by atoms with Crippen LogP contribution in [0.2, 0.25) is 0 Å². The van der Waals surface area contributed by atoms with Gasteiger partial charge in [-0.2, -0.15) is 0 Å². The number of hydrogen-bond acceptors (Lipinski definition) is 5. The highest BCUT2D eigenvalue weighted by Gasteiger charge is 2.16. The molecule has 6 nitrogen and oxygen atoms in total. The summed E-state index contributed by atoms with van der Waals surface area (Å²) in [5, 5.41) is 5.05. The molecule has 0 unspecified atom stereocenters. The van der Waals surface area contributed by atoms with Crippen LogP contribution in [0.5, 0.6) is 0 Å². The van der Waals surface area contributed by atoms with Gasteiger partial charge in [0, 0.05) is 16.6 Å². The molecule has 0 aliphatic rings. The fraction of sp³-hybridized carbons (Fsp3) is 0.158. The van der Waals surface area contributed by atoms with Crippen molar-refractivity contribution in [1.29, 1.82) is 0 Å². The third-order valence-electron chi connectivity index (χ3n) is 4.00. The van der Waals surface area contributed by atoms with E-state index < -0.39 is 10.0 Å². The molecule has 9 heteroatoms. The minimum Gasteiger partial charge on any atom is -0.326 e. The van der Waals surface area contributed by atoms with E-state index in [1.807, 2.05) is 0 Å². The van der Waals surface area contributed by atoms with E-state index in [0.29, 0.717) is 27.5 Å². The van der Waals surface area contributed by atoms with Crippen molar-refractivity contribution >= 4 is 33.0 Å². The van der Waals surface area contributed by atoms with Gasteiger partial charge >= 0.3 is 0 Å². The molecule has 3 aromatic rings. The molecule has 2 N–H and O–H groups in total. The Labute approximate surface area is 166 Å². The van der Waals surface area contributed by atoms with E-state index in [2.05, 4.69) is 15.0 Å². The second kappa shape index (κ2) is 8.17. The predicted octanol–water partition coefficient (Wildman–Crippen LogP) is 3.35. The van der Waals surface area contributed by atoms with Crippen molar-refractivity contribution in [2.24, 2.45) is 0 Å². The first kappa shape index (κ1) is 20.1. The van der Waals surface area contributed by atoms with Crippen LogP contribution in [0.25, 0.3) is 10.6 Å². The third-order valence-corrected chi connectivity index (χ3v) is 6.49. The van der Waals surface area contributed by atoms with E-state index in [0.717, 1.165) is 0 Å². The van der Waals surface area contributed by atoms with E-state index in [1.165, 1.54) is 36.6 Å². The van der Waals surface area contributed by atoms with Crippen LogP contribution in [0.15, 0.2) is 52.7 Å². The topological polar surface area (TPSA) is 88.2 Å². The van der Waals surface area contributed by atoms with Gasteiger partial charge in [0.15, 0.2) is 0 Å². The van der Waals surface area contributed by atoms with Gasteiger partial charge in [-0.25, -0.2) is 22.5 Å². The van der Waals surface area contributed by atoms with Gasteiger partial charge in [0.2, 0.25) is 15.9 Å². The van der Waals surface area contributed by atoms with Gasteiger partial charge in [0.05, 0.1) is 17.0 Å². The summed E-state index contributed by atoms with van der Waals surface area (Å²) in [6.45, 7) is 1.68. The Bertz CT molecular complexity index is 1130. The lowest BCUT2D eigenvalue weighted by atomic mass is 10.2. The number of anilines is 1. The fourth-order valence-electron chi connectivity index (χ4n) is 2.59. The number of carbonyl (C=O) groups is 1. The van der Waals surface area contributed by atoms with E-state index >= 15 is 0 Å². The lowest BCUT2D eigenvalue weighted by molar-refractivity contribution is -0.115. The standard InChI is InChI=1S/C19H18FN3O3S2/c1-12-6-7-15(9-17(12)28(25,26)21-2)22-18(24)10-16-11-27-19(23-16)13-4-3-5-14(20)8-13/h3-9,11,21H,10H2,1-2H3,(H,22,24). The van der Waals surface area contributed by atoms with Crippen molar-refractivity contribution in [3.05, 3.63) is 64.9 Å². The smallest absolute Gasteiger partial charge is 0.240 e. The molecule has 1 amide bonds. The molecule has 0 atom stereocenters. The molecule has 2 aromatic carbocycles. The first-order chi connectivity index (χ1) is 13.3. The fourth-order valence-corrected chi connectivity index (χ4v) is 4.40. The average molecular weight is 420 g/mol. The summed E-state index contributed by atoms with van der Waals surface area (Å²) < 4.78 is 39.7. The second-order valence-corrected chi connectivity index (χ2v) is 8.78. The number of aromatic nitrogens is 1. The maximum absolute atomic E-state index is 13.3. The number of thiazole rings is 1. The monoisotopic (exact) mass is 419 g/mol. The molecule has 0 saturated heterocycles. The molecule has 146 valence electrons. The molecule has 0 aliphatic heterocycles. The zero-order valence-corrected chi connectivity index (χ0v) is 16.8. The normalized spacial score (nSPS) is 11.4. The van der Waals surface area contributed by atoms with Crippen LogP contribution in [0, 0.1) is 12.7 Å². The Balaban J connectivity index is 1.72. The lowest BCUT2D eigenvalue weighted by Gasteiger charge is -2.10. The predicted molar refractivity (Wildman–Crippen MR) is 107 cm³/mol. The van der Waals surface area contributed by atoms with Crippen LogP contribution >= 0.6 is 11.3 Å². The molecule has 1 heterocycles. The van der Waals surface area contributed by atoms with Gasteiger partial charge < -0.3 is 5.32 Å². The van der Waals surface area contributed by atoms with Gasteiger partial charge in [-0.3, -0.25) is 4.79 Å². The van der Waals surface area contributed by atoms with Crippen LogP contribution in [0.4, 0.5) is 10.1 Å². The number of amides is 1. The first-order valence-electron chi connectivity index (χ1n) is 8.33. The number of nitrogens with one attached hydrogen (secondary N) is 2. The molecule has 28 heavy (non-hydrogen) atoms. The number of sulfonamides is 1. The molecule has 0 fully saturated rings. The van der Waals surface area contributed by atoms with Gasteiger partial charge in [-0.05, 0) is 43.8 Å². The third kappa shape index (κ3) is 4.61. The summed E-state index contributed by atoms with van der Waals surface area (Å²) in [4.78, 5) is 16.8. The Hall–Kier alpha value is -2.62. The minimum atomic E-state index is -3.62. The molecular formula is C19H18FN3O3S2. The van der Waals surface area contributed by atoms with E-state index in [-0.39, 0.29) is 23.0 Å². The molecule has 0 radical (unpaired) electrons. The summed E-state index contributed by atoms with van der Waals surface area (Å²) >= 11 is 1.33. The molecule has 3 rings (SSSR count). The van der Waals surface area contributed by atoms with Crippen molar-refractivity contribution < 1.29 is 17.6 Å². The van der Waals surface area contributed by atoms with Gasteiger partial charge in [0.1, 0.15) is 10.8 Å². The second-order valence-electron chi connectivity index (χ2n) is 6.07. The number of aryl methyl sites for hydroxylation is 1. The number of benzene rings is 2. The van der Waals surface area contributed by atoms with E-state index in [4.69, 9.17) is 0 Å². The summed E-state index contributed by atoms with van der Waals surface area (Å²) in [5.41, 5.74) is 2.16. The Morgan fingerprint density at radius 3 is 2.71 bits per heavy atom. The van der Waals surface area contributed by atoms with Gasteiger partial charge in [-0.15, -0.1) is 11.3 Å². The van der Waals surface area contributed by atoms with Crippen molar-refractivity contribution in [1.82, 2.24) is 9.71 Å². The summed E-state index contributed by atoms with van der Waals surface area (Å²) in [6.07, 6.45) is 0.0216. The molecule has 0 saturated carbocycles. The number of rotatable bonds is 6. The van der Waals surface area contributed by atoms with Crippen LogP contribution in [0.1, 0.15) is 11.3 Å². The van der Waals surface area contributed by atoms with E-state index in [9.17, 15) is 17.6 Å². The molecular weight excluding hydrogens is 401 g/mol. The van der Waals surface area contributed by atoms with Crippen LogP contribution in [-0.2, 0) is 21.2 Å². The molecule has 0 bridgehead atoms. The van der Waals surface area contributed by atoms with Crippen LogP contribution in [0.3, 0.4) is 0 Å². The highest BCUT2D eigenvalue weighted by molar-refractivity contribution is 7.89. The highest BCUT2D eigenvalue weighted by Crippen LogP contribution is 2.25. The zero-order chi connectivity index (χ0) is 20.3. The number of halogens is 1. The molecule has 0 aliphatic carbocycles. The van der Waals surface area contributed by atoms with Crippen LogP contribution in [-0.4, -0.2) is 26.4 Å². The largest absolute Gasteiger partial charge is 0.326 e. The number of hydrogen-bond donors (Lipinski definition) is 2. The van der Waals surface area contributed by atoms with Crippen molar-refractivity contribution in [2.45, 2.75) is 18.2 Å². The average Bonchev–Trinajstić information content (AvgIpc) is 3.11. The lowest BCUT2D eigenvalue weighted by Crippen LogP contribution is -2.20. The Morgan fingerprint density at radius 1 is 1.21 bits per heavy atom. The zero-order valence-electron chi connectivity index (χ0n) is 15.2.